The molecule has 0 aromatic rings. The van der Waals surface area contributed by atoms with E-state index in [1.54, 1.807) is 0 Å². The van der Waals surface area contributed by atoms with Crippen molar-refractivity contribution in [1.29, 1.82) is 0 Å². The van der Waals surface area contributed by atoms with Crippen LogP contribution in [-0.2, 0) is 0 Å². The maximum atomic E-state index is 3.85. The lowest BCUT2D eigenvalue weighted by Gasteiger charge is -2.31. The number of hydrogen-bond acceptors (Lipinski definition) is 1. The van der Waals surface area contributed by atoms with Crippen LogP contribution in [0.3, 0.4) is 0 Å². The molecule has 86 valence electrons. The first-order chi connectivity index (χ1) is 6.74. The van der Waals surface area contributed by atoms with Gasteiger partial charge in [-0.2, -0.15) is 0 Å². The Labute approximate surface area is 91.8 Å². The molecule has 2 heteroatoms. The second kappa shape index (κ2) is 8.48. The molecule has 0 aliphatic carbocycles. The second-order valence-corrected chi connectivity index (χ2v) is 8.99. The Bertz CT molecular complexity index is 117. The maximum Gasteiger partial charge on any atom is 0.125 e. The van der Waals surface area contributed by atoms with Crippen molar-refractivity contribution in [2.24, 2.45) is 0 Å². The fourth-order valence-corrected chi connectivity index (χ4v) is 6.56. The summed E-state index contributed by atoms with van der Waals surface area (Å²) >= 11 is 0. The van der Waals surface area contributed by atoms with E-state index in [2.05, 4.69) is 32.7 Å². The second-order valence-electron chi connectivity index (χ2n) is 4.37. The molecule has 0 heterocycles. The standard InChI is InChI=1S/C12H29NSi/c1-5-9-11-14(8-4,13-7-3)12-10-6-2/h13H,5-12H2,1-4H3. The Balaban J connectivity index is 4.11. The van der Waals surface area contributed by atoms with Gasteiger partial charge in [0.15, 0.2) is 0 Å². The molecule has 0 aromatic carbocycles. The highest BCUT2D eigenvalue weighted by Gasteiger charge is 2.28. The normalized spacial score (nSPS) is 12.0. The van der Waals surface area contributed by atoms with Crippen molar-refractivity contribution in [1.82, 2.24) is 4.98 Å². The smallest absolute Gasteiger partial charge is 0.125 e. The van der Waals surface area contributed by atoms with E-state index in [0.717, 1.165) is 0 Å². The molecule has 0 aliphatic heterocycles. The molecule has 1 nitrogen and oxygen atoms in total. The summed E-state index contributed by atoms with van der Waals surface area (Å²) in [7, 11) is -1.06. The number of unbranched alkanes of at least 4 members (excludes halogenated alkanes) is 2. The van der Waals surface area contributed by atoms with Gasteiger partial charge in [0.2, 0.25) is 0 Å². The van der Waals surface area contributed by atoms with Crippen molar-refractivity contribution in [2.45, 2.75) is 71.5 Å². The fourth-order valence-electron chi connectivity index (χ4n) is 2.19. The SMILES string of the molecule is CCCC[Si](CC)(CCCC)NCC. The zero-order valence-electron chi connectivity index (χ0n) is 10.7. The van der Waals surface area contributed by atoms with Gasteiger partial charge in [-0.05, 0) is 24.7 Å². The summed E-state index contributed by atoms with van der Waals surface area (Å²) in [6, 6.07) is 4.41. The summed E-state index contributed by atoms with van der Waals surface area (Å²) in [6.45, 7) is 10.4. The van der Waals surface area contributed by atoms with Crippen LogP contribution in [0.1, 0.15) is 53.4 Å². The van der Waals surface area contributed by atoms with Crippen LogP contribution in [0.4, 0.5) is 0 Å². The Morgan fingerprint density at radius 3 is 1.64 bits per heavy atom. The highest BCUT2D eigenvalue weighted by Crippen LogP contribution is 2.22. The number of rotatable bonds is 9. The fraction of sp³-hybridized carbons (Fsp3) is 1.00. The first kappa shape index (κ1) is 14.2. The summed E-state index contributed by atoms with van der Waals surface area (Å²) in [4.78, 5) is 3.85. The van der Waals surface area contributed by atoms with Crippen LogP contribution in [0.2, 0.25) is 18.1 Å². The van der Waals surface area contributed by atoms with E-state index in [-0.39, 0.29) is 0 Å². The van der Waals surface area contributed by atoms with Crippen LogP contribution < -0.4 is 4.98 Å². The molecule has 0 bridgehead atoms. The average Bonchev–Trinajstić information content (AvgIpc) is 2.22. The van der Waals surface area contributed by atoms with Gasteiger partial charge < -0.3 is 4.98 Å². The largest absolute Gasteiger partial charge is 0.337 e. The summed E-state index contributed by atoms with van der Waals surface area (Å²) in [6.07, 6.45) is 5.56. The van der Waals surface area contributed by atoms with E-state index >= 15 is 0 Å². The molecule has 14 heavy (non-hydrogen) atoms. The van der Waals surface area contributed by atoms with Crippen LogP contribution in [0.25, 0.3) is 0 Å². The van der Waals surface area contributed by atoms with Crippen LogP contribution in [-0.4, -0.2) is 14.8 Å². The third-order valence-corrected chi connectivity index (χ3v) is 8.32. The quantitative estimate of drug-likeness (QED) is 0.570. The van der Waals surface area contributed by atoms with Crippen molar-refractivity contribution < 1.29 is 0 Å². The molecule has 0 aliphatic rings. The van der Waals surface area contributed by atoms with Gasteiger partial charge >= 0.3 is 0 Å². The van der Waals surface area contributed by atoms with E-state index in [4.69, 9.17) is 0 Å². The predicted octanol–water partition coefficient (Wildman–Crippen LogP) is 4.16. The molecule has 0 amide bonds. The van der Waals surface area contributed by atoms with E-state index in [9.17, 15) is 0 Å². The molecule has 0 spiro atoms. The Morgan fingerprint density at radius 2 is 1.36 bits per heavy atom. The molecule has 0 aromatic heterocycles. The minimum Gasteiger partial charge on any atom is -0.337 e. The Kier molecular flexibility index (Phi) is 8.59. The van der Waals surface area contributed by atoms with Crippen molar-refractivity contribution in [2.75, 3.05) is 6.54 Å². The van der Waals surface area contributed by atoms with E-state index in [1.165, 1.54) is 50.4 Å². The lowest BCUT2D eigenvalue weighted by Crippen LogP contribution is -2.49. The van der Waals surface area contributed by atoms with Gasteiger partial charge in [0.1, 0.15) is 8.24 Å². The molecular weight excluding hydrogens is 186 g/mol. The minimum atomic E-state index is -1.06. The Morgan fingerprint density at radius 1 is 0.857 bits per heavy atom. The Hall–Kier alpha value is 0.177. The molecule has 0 fully saturated rings. The third kappa shape index (κ3) is 5.16. The molecule has 0 saturated heterocycles. The van der Waals surface area contributed by atoms with E-state index in [1.807, 2.05) is 0 Å². The number of nitrogens with one attached hydrogen (secondary N) is 1. The van der Waals surface area contributed by atoms with Gasteiger partial charge in [0.05, 0.1) is 0 Å². The van der Waals surface area contributed by atoms with Crippen LogP contribution in [0.15, 0.2) is 0 Å². The van der Waals surface area contributed by atoms with Gasteiger partial charge in [0.25, 0.3) is 0 Å². The van der Waals surface area contributed by atoms with Crippen molar-refractivity contribution in [3.63, 3.8) is 0 Å². The molecule has 0 radical (unpaired) electrons. The third-order valence-electron chi connectivity index (χ3n) is 3.25. The van der Waals surface area contributed by atoms with E-state index in [0.29, 0.717) is 0 Å². The van der Waals surface area contributed by atoms with Gasteiger partial charge in [-0.25, -0.2) is 0 Å². The van der Waals surface area contributed by atoms with Gasteiger partial charge in [0, 0.05) is 0 Å². The van der Waals surface area contributed by atoms with Crippen molar-refractivity contribution >= 4 is 8.24 Å². The van der Waals surface area contributed by atoms with Crippen LogP contribution in [0, 0.1) is 0 Å². The average molecular weight is 215 g/mol. The molecule has 0 unspecified atom stereocenters. The molecule has 0 rings (SSSR count). The molecule has 0 atom stereocenters. The lowest BCUT2D eigenvalue weighted by molar-refractivity contribution is 0.782. The van der Waals surface area contributed by atoms with Gasteiger partial charge in [-0.3, -0.25) is 0 Å². The van der Waals surface area contributed by atoms with Crippen LogP contribution in [0.5, 0.6) is 0 Å². The zero-order chi connectivity index (χ0) is 10.9. The summed E-state index contributed by atoms with van der Waals surface area (Å²) in [5, 5.41) is 0. The number of hydrogen-bond donors (Lipinski definition) is 1. The molecule has 1 N–H and O–H groups in total. The summed E-state index contributed by atoms with van der Waals surface area (Å²) in [5.41, 5.74) is 0. The van der Waals surface area contributed by atoms with Gasteiger partial charge in [-0.1, -0.05) is 53.4 Å². The van der Waals surface area contributed by atoms with Crippen molar-refractivity contribution in [3.05, 3.63) is 0 Å². The first-order valence-corrected chi connectivity index (χ1v) is 9.11. The topological polar surface area (TPSA) is 12.0 Å². The molecule has 0 saturated carbocycles. The van der Waals surface area contributed by atoms with E-state index < -0.39 is 8.24 Å². The minimum absolute atomic E-state index is 1.06. The summed E-state index contributed by atoms with van der Waals surface area (Å²) < 4.78 is 0. The van der Waals surface area contributed by atoms with Crippen molar-refractivity contribution in [3.8, 4) is 0 Å². The van der Waals surface area contributed by atoms with Gasteiger partial charge in [-0.15, -0.1) is 0 Å². The highest BCUT2D eigenvalue weighted by atomic mass is 28.3. The zero-order valence-corrected chi connectivity index (χ0v) is 11.7. The highest BCUT2D eigenvalue weighted by molar-refractivity contribution is 6.77. The maximum absolute atomic E-state index is 3.85. The predicted molar refractivity (Wildman–Crippen MR) is 69.3 cm³/mol. The lowest BCUT2D eigenvalue weighted by atomic mass is 10.4. The summed E-state index contributed by atoms with van der Waals surface area (Å²) in [5.74, 6) is 0. The van der Waals surface area contributed by atoms with Crippen LogP contribution >= 0.6 is 0 Å². The molecular formula is C12H29NSi. The first-order valence-electron chi connectivity index (χ1n) is 6.49. The monoisotopic (exact) mass is 215 g/mol.